The first-order valence-corrected chi connectivity index (χ1v) is 10.0. The molecule has 1 atom stereocenters. The zero-order valence-corrected chi connectivity index (χ0v) is 16.4. The fourth-order valence-corrected chi connectivity index (χ4v) is 3.58. The number of hydrogen-bond donors (Lipinski definition) is 2. The number of nitrogens with zero attached hydrogens (tertiary/aromatic N) is 1. The van der Waals surface area contributed by atoms with E-state index < -0.39 is 40.6 Å². The van der Waals surface area contributed by atoms with Crippen LogP contribution in [-0.4, -0.2) is 39.0 Å². The number of ether oxygens (including phenoxy) is 1. The van der Waals surface area contributed by atoms with Gasteiger partial charge in [-0.15, -0.1) is 0 Å². The Balaban J connectivity index is 1.82. The monoisotopic (exact) mass is 393 g/mol. The van der Waals surface area contributed by atoms with Crippen LogP contribution in [0.15, 0.2) is 23.1 Å². The van der Waals surface area contributed by atoms with Crippen LogP contribution in [0.3, 0.4) is 0 Å². The second kappa shape index (κ2) is 8.06. The van der Waals surface area contributed by atoms with E-state index in [0.717, 1.165) is 24.0 Å². The van der Waals surface area contributed by atoms with Gasteiger partial charge in [0.15, 0.2) is 6.61 Å². The molecule has 2 rings (SSSR count). The van der Waals surface area contributed by atoms with Crippen molar-refractivity contribution in [1.29, 1.82) is 5.26 Å². The molecule has 2 N–H and O–H groups in total. The summed E-state index contributed by atoms with van der Waals surface area (Å²) in [6, 6.07) is 6.71. The second-order valence-corrected chi connectivity index (χ2v) is 8.63. The minimum atomic E-state index is -3.86. The molecule has 0 aromatic heterocycles. The molecule has 1 fully saturated rings. The van der Waals surface area contributed by atoms with Crippen LogP contribution in [-0.2, 0) is 24.3 Å². The van der Waals surface area contributed by atoms with Gasteiger partial charge in [-0.25, -0.2) is 8.42 Å². The van der Waals surface area contributed by atoms with Crippen LogP contribution < -0.4 is 10.0 Å². The van der Waals surface area contributed by atoms with Gasteiger partial charge in [0.25, 0.3) is 5.91 Å². The maximum atomic E-state index is 12.2. The Morgan fingerprint density at radius 2 is 1.96 bits per heavy atom. The number of carbonyl (C=O) groups is 2. The van der Waals surface area contributed by atoms with Gasteiger partial charge in [-0.05, 0) is 62.8 Å². The van der Waals surface area contributed by atoms with E-state index in [1.807, 2.05) is 6.92 Å². The molecule has 1 aromatic carbocycles. The molecule has 0 unspecified atom stereocenters. The standard InChI is InChI=1S/C18H23N3O5S/c1-12-4-7-15(8-13(12)2)27(24,25)20-9-17(23)26-10-16(22)21-18(3,11-19)14-5-6-14/h4,7-8,14,20H,5-6,9-10H2,1-3H3,(H,21,22)/t18-/m0/s1. The molecule has 1 amide bonds. The number of nitriles is 1. The molecule has 1 aliphatic carbocycles. The number of sulfonamides is 1. The van der Waals surface area contributed by atoms with E-state index in [0.29, 0.717) is 0 Å². The average molecular weight is 393 g/mol. The van der Waals surface area contributed by atoms with E-state index in [1.165, 1.54) is 12.1 Å². The molecule has 1 saturated carbocycles. The highest BCUT2D eigenvalue weighted by Crippen LogP contribution is 2.39. The fourth-order valence-electron chi connectivity index (χ4n) is 2.52. The second-order valence-electron chi connectivity index (χ2n) is 6.87. The van der Waals surface area contributed by atoms with Crippen molar-refractivity contribution < 1.29 is 22.7 Å². The summed E-state index contributed by atoms with van der Waals surface area (Å²) in [4.78, 5) is 23.6. The number of esters is 1. The minimum Gasteiger partial charge on any atom is -0.455 e. The van der Waals surface area contributed by atoms with E-state index in [1.54, 1.807) is 19.9 Å². The molecule has 1 aromatic rings. The van der Waals surface area contributed by atoms with Crippen LogP contribution in [0.25, 0.3) is 0 Å². The number of hydrogen-bond acceptors (Lipinski definition) is 6. The van der Waals surface area contributed by atoms with Crippen molar-refractivity contribution in [1.82, 2.24) is 10.0 Å². The lowest BCUT2D eigenvalue weighted by atomic mass is 9.98. The molecular weight excluding hydrogens is 370 g/mol. The van der Waals surface area contributed by atoms with Crippen LogP contribution in [0, 0.1) is 31.1 Å². The summed E-state index contributed by atoms with van der Waals surface area (Å²) >= 11 is 0. The third kappa shape index (κ3) is 5.52. The molecule has 0 bridgehead atoms. The summed E-state index contributed by atoms with van der Waals surface area (Å²) in [6.07, 6.45) is 1.73. The van der Waals surface area contributed by atoms with Gasteiger partial charge in [0.1, 0.15) is 12.1 Å². The number of nitrogens with one attached hydrogen (secondary N) is 2. The topological polar surface area (TPSA) is 125 Å². The predicted octanol–water partition coefficient (Wildman–Crippen LogP) is 0.933. The Morgan fingerprint density at radius 3 is 2.52 bits per heavy atom. The van der Waals surface area contributed by atoms with Crippen molar-refractivity contribution in [3.63, 3.8) is 0 Å². The summed E-state index contributed by atoms with van der Waals surface area (Å²) in [6.45, 7) is 4.11. The minimum absolute atomic E-state index is 0.0466. The first-order chi connectivity index (χ1) is 12.6. The van der Waals surface area contributed by atoms with Crippen LogP contribution >= 0.6 is 0 Å². The Labute approximate surface area is 158 Å². The van der Waals surface area contributed by atoms with Crippen LogP contribution in [0.1, 0.15) is 30.9 Å². The van der Waals surface area contributed by atoms with E-state index in [-0.39, 0.29) is 10.8 Å². The Hall–Kier alpha value is -2.44. The first kappa shape index (κ1) is 20.9. The summed E-state index contributed by atoms with van der Waals surface area (Å²) in [5, 5.41) is 11.7. The van der Waals surface area contributed by atoms with Gasteiger partial charge in [-0.2, -0.15) is 9.98 Å². The summed E-state index contributed by atoms with van der Waals surface area (Å²) in [5.74, 6) is -1.38. The molecule has 9 heteroatoms. The van der Waals surface area contributed by atoms with Crippen LogP contribution in [0.2, 0.25) is 0 Å². The predicted molar refractivity (Wildman–Crippen MR) is 96.9 cm³/mol. The number of carbonyl (C=O) groups excluding carboxylic acids is 2. The number of benzene rings is 1. The van der Waals surface area contributed by atoms with Crippen LogP contribution in [0.4, 0.5) is 0 Å². The lowest BCUT2D eigenvalue weighted by Gasteiger charge is -2.22. The smallest absolute Gasteiger partial charge is 0.321 e. The molecule has 0 saturated heterocycles. The SMILES string of the molecule is Cc1ccc(S(=O)(=O)NCC(=O)OCC(=O)N[C@@](C)(C#N)C2CC2)cc1C. The average Bonchev–Trinajstić information content (AvgIpc) is 3.46. The summed E-state index contributed by atoms with van der Waals surface area (Å²) < 4.78 is 31.4. The third-order valence-corrected chi connectivity index (χ3v) is 5.98. The zero-order valence-electron chi connectivity index (χ0n) is 15.5. The largest absolute Gasteiger partial charge is 0.455 e. The van der Waals surface area contributed by atoms with Crippen molar-refractivity contribution in [2.24, 2.45) is 5.92 Å². The van der Waals surface area contributed by atoms with E-state index in [4.69, 9.17) is 4.74 Å². The Bertz CT molecular complexity index is 887. The lowest BCUT2D eigenvalue weighted by Crippen LogP contribution is -2.48. The maximum absolute atomic E-state index is 12.2. The van der Waals surface area contributed by atoms with Gasteiger partial charge in [0, 0.05) is 0 Å². The van der Waals surface area contributed by atoms with Gasteiger partial charge in [-0.1, -0.05) is 6.07 Å². The highest BCUT2D eigenvalue weighted by molar-refractivity contribution is 7.89. The molecule has 0 radical (unpaired) electrons. The van der Waals surface area contributed by atoms with Crippen molar-refractivity contribution in [3.8, 4) is 6.07 Å². The number of aryl methyl sites for hydroxylation is 2. The van der Waals surface area contributed by atoms with Crippen LogP contribution in [0.5, 0.6) is 0 Å². The molecule has 146 valence electrons. The van der Waals surface area contributed by atoms with E-state index in [9.17, 15) is 23.3 Å². The fraction of sp³-hybridized carbons (Fsp3) is 0.500. The molecule has 1 aliphatic rings. The van der Waals surface area contributed by atoms with Crippen molar-refractivity contribution in [2.45, 2.75) is 44.0 Å². The van der Waals surface area contributed by atoms with Crippen molar-refractivity contribution >= 4 is 21.9 Å². The number of amides is 1. The molecular formula is C18H23N3O5S. The van der Waals surface area contributed by atoms with Crippen molar-refractivity contribution in [3.05, 3.63) is 29.3 Å². The molecule has 27 heavy (non-hydrogen) atoms. The normalized spacial score (nSPS) is 16.1. The molecule has 0 heterocycles. The van der Waals surface area contributed by atoms with E-state index >= 15 is 0 Å². The zero-order chi connectivity index (χ0) is 20.2. The van der Waals surface area contributed by atoms with Gasteiger partial charge in [0.05, 0.1) is 11.0 Å². The molecule has 8 nitrogen and oxygen atoms in total. The van der Waals surface area contributed by atoms with Gasteiger partial charge >= 0.3 is 5.97 Å². The van der Waals surface area contributed by atoms with Gasteiger partial charge < -0.3 is 10.1 Å². The highest BCUT2D eigenvalue weighted by atomic mass is 32.2. The quantitative estimate of drug-likeness (QED) is 0.633. The number of rotatable bonds is 8. The van der Waals surface area contributed by atoms with E-state index in [2.05, 4.69) is 16.1 Å². The first-order valence-electron chi connectivity index (χ1n) is 8.52. The van der Waals surface area contributed by atoms with Gasteiger partial charge in [-0.3, -0.25) is 9.59 Å². The maximum Gasteiger partial charge on any atom is 0.321 e. The lowest BCUT2D eigenvalue weighted by molar-refractivity contribution is -0.147. The Kier molecular flexibility index (Phi) is 6.23. The highest BCUT2D eigenvalue weighted by Gasteiger charge is 2.43. The Morgan fingerprint density at radius 1 is 1.30 bits per heavy atom. The summed E-state index contributed by atoms with van der Waals surface area (Å²) in [5.41, 5.74) is 0.789. The molecule has 0 spiro atoms. The third-order valence-electron chi connectivity index (χ3n) is 4.58. The summed E-state index contributed by atoms with van der Waals surface area (Å²) in [7, 11) is -3.86. The van der Waals surface area contributed by atoms with Crippen molar-refractivity contribution in [2.75, 3.05) is 13.2 Å². The van der Waals surface area contributed by atoms with Gasteiger partial charge in [0.2, 0.25) is 10.0 Å². The molecule has 0 aliphatic heterocycles.